The summed E-state index contributed by atoms with van der Waals surface area (Å²) in [5.41, 5.74) is 2.38. The van der Waals surface area contributed by atoms with Gasteiger partial charge in [0.25, 0.3) is 6.43 Å². The van der Waals surface area contributed by atoms with E-state index in [0.29, 0.717) is 40.6 Å². The number of fused-ring (bicyclic) bond motifs is 1. The number of ether oxygens (including phenoxy) is 2. The molecule has 0 fully saturated rings. The van der Waals surface area contributed by atoms with Crippen molar-refractivity contribution in [3.8, 4) is 11.5 Å². The van der Waals surface area contributed by atoms with Gasteiger partial charge in [-0.15, -0.1) is 10.2 Å². The summed E-state index contributed by atoms with van der Waals surface area (Å²) >= 11 is 7.27. The summed E-state index contributed by atoms with van der Waals surface area (Å²) < 4.78 is 38.9. The fourth-order valence-corrected chi connectivity index (χ4v) is 4.11. The van der Waals surface area contributed by atoms with Crippen LogP contribution in [0.1, 0.15) is 37.2 Å². The molecule has 1 aromatic heterocycles. The quantitative estimate of drug-likeness (QED) is 0.405. The second-order valence-electron chi connectivity index (χ2n) is 6.81. The van der Waals surface area contributed by atoms with E-state index in [1.54, 1.807) is 6.92 Å². The van der Waals surface area contributed by atoms with Crippen molar-refractivity contribution in [2.24, 2.45) is 5.10 Å². The van der Waals surface area contributed by atoms with Crippen LogP contribution in [0, 0.1) is 0 Å². The lowest BCUT2D eigenvalue weighted by molar-refractivity contribution is 0.135. The number of allylic oxidation sites excluding steroid dienone is 1. The van der Waals surface area contributed by atoms with E-state index in [9.17, 15) is 8.78 Å². The molecule has 0 N–H and O–H groups in total. The van der Waals surface area contributed by atoms with E-state index in [4.69, 9.17) is 21.1 Å². The fourth-order valence-electron chi connectivity index (χ4n) is 3.02. The number of thioether (sulfide) groups is 1. The predicted molar refractivity (Wildman–Crippen MR) is 121 cm³/mol. The number of halogens is 3. The largest absolute Gasteiger partial charge is 0.490 e. The SMILES string of the molecule is CCOc1cc(C=C2Sc3nnc(C(F)F)n3N=C2C)ccc1OCc1cccc(Cl)c1. The Labute approximate surface area is 192 Å². The molecular weight excluding hydrogens is 458 g/mol. The summed E-state index contributed by atoms with van der Waals surface area (Å²) in [7, 11) is 0. The molecular formula is C22H19ClF2N4O2S. The van der Waals surface area contributed by atoms with E-state index in [1.807, 2.05) is 55.5 Å². The molecule has 0 aliphatic carbocycles. The number of hydrogen-bond acceptors (Lipinski definition) is 6. The molecule has 1 aliphatic heterocycles. The van der Waals surface area contributed by atoms with Crippen LogP contribution in [0.25, 0.3) is 6.08 Å². The number of hydrogen-bond donors (Lipinski definition) is 0. The highest BCUT2D eigenvalue weighted by Gasteiger charge is 2.25. The van der Waals surface area contributed by atoms with Gasteiger partial charge in [-0.3, -0.25) is 0 Å². The third-order valence-corrected chi connectivity index (χ3v) is 5.79. The number of rotatable bonds is 7. The van der Waals surface area contributed by atoms with Crippen LogP contribution in [0.5, 0.6) is 11.5 Å². The van der Waals surface area contributed by atoms with Gasteiger partial charge in [-0.05, 0) is 67.1 Å². The molecule has 2 heterocycles. The zero-order valence-corrected chi connectivity index (χ0v) is 18.8. The number of aromatic nitrogens is 3. The van der Waals surface area contributed by atoms with Crippen molar-refractivity contribution in [2.45, 2.75) is 32.0 Å². The van der Waals surface area contributed by atoms with Gasteiger partial charge in [-0.25, -0.2) is 8.78 Å². The molecule has 0 atom stereocenters. The highest BCUT2D eigenvalue weighted by molar-refractivity contribution is 8.04. The fraction of sp³-hybridized carbons (Fsp3) is 0.227. The van der Waals surface area contributed by atoms with Crippen molar-refractivity contribution in [1.82, 2.24) is 14.9 Å². The van der Waals surface area contributed by atoms with Crippen LogP contribution < -0.4 is 9.47 Å². The first-order valence-corrected chi connectivity index (χ1v) is 11.0. The minimum absolute atomic E-state index is 0.295. The maximum absolute atomic E-state index is 13.1. The lowest BCUT2D eigenvalue weighted by Gasteiger charge is -2.15. The Bertz CT molecular complexity index is 1200. The number of benzene rings is 2. The van der Waals surface area contributed by atoms with Crippen molar-refractivity contribution in [3.63, 3.8) is 0 Å². The van der Waals surface area contributed by atoms with E-state index >= 15 is 0 Å². The van der Waals surface area contributed by atoms with E-state index in [2.05, 4.69) is 15.3 Å². The Morgan fingerprint density at radius 1 is 1.12 bits per heavy atom. The third-order valence-electron chi connectivity index (χ3n) is 4.49. The lowest BCUT2D eigenvalue weighted by Crippen LogP contribution is -2.09. The lowest BCUT2D eigenvalue weighted by atomic mass is 10.1. The summed E-state index contributed by atoms with van der Waals surface area (Å²) in [6.07, 6.45) is -0.848. The molecule has 0 spiro atoms. The molecule has 6 nitrogen and oxygen atoms in total. The van der Waals surface area contributed by atoms with Gasteiger partial charge >= 0.3 is 0 Å². The molecule has 1 aliphatic rings. The Kier molecular flexibility index (Phi) is 6.76. The van der Waals surface area contributed by atoms with E-state index in [0.717, 1.165) is 20.7 Å². The maximum atomic E-state index is 13.1. The van der Waals surface area contributed by atoms with Gasteiger partial charge in [0.15, 0.2) is 11.5 Å². The number of nitrogens with zero attached hydrogens (tertiary/aromatic N) is 4. The molecule has 0 bridgehead atoms. The molecule has 0 amide bonds. The van der Waals surface area contributed by atoms with Gasteiger partial charge in [0, 0.05) is 9.93 Å². The minimum Gasteiger partial charge on any atom is -0.490 e. The Morgan fingerprint density at radius 3 is 2.72 bits per heavy atom. The predicted octanol–water partition coefficient (Wildman–Crippen LogP) is 6.22. The second-order valence-corrected chi connectivity index (χ2v) is 8.25. The Balaban J connectivity index is 1.56. The summed E-state index contributed by atoms with van der Waals surface area (Å²) in [5, 5.41) is 12.5. The highest BCUT2D eigenvalue weighted by Crippen LogP contribution is 2.36. The molecule has 32 heavy (non-hydrogen) atoms. The van der Waals surface area contributed by atoms with Crippen LogP contribution in [0.15, 0.2) is 57.6 Å². The van der Waals surface area contributed by atoms with Gasteiger partial charge in [-0.1, -0.05) is 29.8 Å². The van der Waals surface area contributed by atoms with Crippen molar-refractivity contribution in [1.29, 1.82) is 0 Å². The average molecular weight is 477 g/mol. The first-order chi connectivity index (χ1) is 15.4. The maximum Gasteiger partial charge on any atom is 0.299 e. The van der Waals surface area contributed by atoms with Crippen LogP contribution in [0.2, 0.25) is 5.02 Å². The summed E-state index contributed by atoms with van der Waals surface area (Å²) in [6, 6.07) is 13.1. The topological polar surface area (TPSA) is 61.5 Å². The molecule has 4 rings (SSSR count). The first kappa shape index (κ1) is 22.3. The van der Waals surface area contributed by atoms with Crippen LogP contribution in [0.3, 0.4) is 0 Å². The Hall–Kier alpha value is -2.91. The van der Waals surface area contributed by atoms with Crippen LogP contribution in [-0.4, -0.2) is 27.2 Å². The monoisotopic (exact) mass is 476 g/mol. The van der Waals surface area contributed by atoms with Gasteiger partial charge in [0.2, 0.25) is 11.0 Å². The molecule has 0 unspecified atom stereocenters. The van der Waals surface area contributed by atoms with E-state index < -0.39 is 12.2 Å². The molecule has 0 radical (unpaired) electrons. The first-order valence-electron chi connectivity index (χ1n) is 9.77. The van der Waals surface area contributed by atoms with E-state index in [-0.39, 0.29) is 0 Å². The smallest absolute Gasteiger partial charge is 0.299 e. The van der Waals surface area contributed by atoms with Crippen molar-refractivity contribution in [2.75, 3.05) is 6.61 Å². The average Bonchev–Trinajstić information content (AvgIpc) is 3.16. The van der Waals surface area contributed by atoms with Crippen molar-refractivity contribution in [3.05, 3.63) is 69.3 Å². The van der Waals surface area contributed by atoms with Gasteiger partial charge < -0.3 is 9.47 Å². The Morgan fingerprint density at radius 2 is 1.97 bits per heavy atom. The normalized spacial score (nSPS) is 14.4. The molecule has 0 saturated carbocycles. The number of alkyl halides is 2. The van der Waals surface area contributed by atoms with Crippen LogP contribution in [0.4, 0.5) is 8.78 Å². The molecule has 2 aromatic carbocycles. The highest BCUT2D eigenvalue weighted by atomic mass is 35.5. The molecule has 10 heteroatoms. The zero-order valence-electron chi connectivity index (χ0n) is 17.3. The standard InChI is InChI=1S/C22H19ClF2N4O2S/c1-3-30-18-10-14(7-8-17(18)31-12-15-5-4-6-16(23)9-15)11-19-13(2)28-29-21(20(24)25)26-27-22(29)32-19/h4-11,20H,3,12H2,1-2H3. The van der Waals surface area contributed by atoms with Gasteiger partial charge in [0.1, 0.15) is 6.61 Å². The van der Waals surface area contributed by atoms with Crippen LogP contribution in [-0.2, 0) is 6.61 Å². The van der Waals surface area contributed by atoms with Crippen LogP contribution >= 0.6 is 23.4 Å². The summed E-state index contributed by atoms with van der Waals surface area (Å²) in [4.78, 5) is 0.778. The summed E-state index contributed by atoms with van der Waals surface area (Å²) in [6.45, 7) is 4.48. The second kappa shape index (κ2) is 9.70. The van der Waals surface area contributed by atoms with Gasteiger partial charge in [-0.2, -0.15) is 9.78 Å². The molecule has 0 saturated heterocycles. The molecule has 166 valence electrons. The van der Waals surface area contributed by atoms with Gasteiger partial charge in [0.05, 0.1) is 12.3 Å². The summed E-state index contributed by atoms with van der Waals surface area (Å²) in [5.74, 6) is 0.741. The molecule has 3 aromatic rings. The van der Waals surface area contributed by atoms with Crippen molar-refractivity contribution < 1.29 is 18.3 Å². The van der Waals surface area contributed by atoms with E-state index in [1.165, 1.54) is 11.8 Å². The van der Waals surface area contributed by atoms with Crippen molar-refractivity contribution >= 4 is 35.2 Å². The minimum atomic E-state index is -2.74. The third kappa shape index (κ3) is 4.94. The zero-order chi connectivity index (χ0) is 22.7.